The van der Waals surface area contributed by atoms with Gasteiger partial charge in [-0.2, -0.15) is 0 Å². The molecule has 30 heavy (non-hydrogen) atoms. The van der Waals surface area contributed by atoms with Gasteiger partial charge in [-0.1, -0.05) is 18.2 Å². The third-order valence-electron chi connectivity index (χ3n) is 4.41. The van der Waals surface area contributed by atoms with E-state index in [4.69, 9.17) is 4.74 Å². The Morgan fingerprint density at radius 2 is 1.67 bits per heavy atom. The van der Waals surface area contributed by atoms with Crippen molar-refractivity contribution < 1.29 is 9.53 Å². The number of fused-ring (bicyclic) bond motifs is 1. The molecule has 0 aliphatic carbocycles. The predicted molar refractivity (Wildman–Crippen MR) is 116 cm³/mol. The van der Waals surface area contributed by atoms with E-state index in [9.17, 15) is 9.59 Å². The molecule has 2 aromatic carbocycles. The van der Waals surface area contributed by atoms with Gasteiger partial charge in [-0.3, -0.25) is 9.20 Å². The number of nitrogens with zero attached hydrogens (tertiary/aromatic N) is 2. The lowest BCUT2D eigenvalue weighted by atomic mass is 10.3. The molecule has 0 saturated heterocycles. The first-order valence-corrected chi connectivity index (χ1v) is 9.42. The molecule has 0 atom stereocenters. The Kier molecular flexibility index (Phi) is 5.43. The highest BCUT2D eigenvalue weighted by atomic mass is 16.5. The van der Waals surface area contributed by atoms with Crippen molar-refractivity contribution in [2.75, 3.05) is 10.6 Å². The summed E-state index contributed by atoms with van der Waals surface area (Å²) in [5.41, 5.74) is 3.36. The van der Waals surface area contributed by atoms with Crippen molar-refractivity contribution in [3.05, 3.63) is 101 Å². The molecule has 4 aromatic rings. The van der Waals surface area contributed by atoms with E-state index in [0.29, 0.717) is 28.5 Å². The molecule has 0 unspecified atom stereocenters. The molecule has 2 aromatic heterocycles. The van der Waals surface area contributed by atoms with Crippen molar-refractivity contribution in [3.8, 4) is 5.75 Å². The number of aryl methyl sites for hydroxylation is 1. The number of para-hydroxylation sites is 1. The Morgan fingerprint density at radius 3 is 2.40 bits per heavy atom. The van der Waals surface area contributed by atoms with Gasteiger partial charge in [-0.25, -0.2) is 9.78 Å². The average molecular weight is 400 g/mol. The van der Waals surface area contributed by atoms with Crippen LogP contribution in [0, 0.1) is 6.92 Å². The summed E-state index contributed by atoms with van der Waals surface area (Å²) in [5.74, 6) is 0.607. The largest absolute Gasteiger partial charge is 0.487 e. The van der Waals surface area contributed by atoms with Crippen LogP contribution in [0.2, 0.25) is 0 Å². The number of anilines is 2. The Bertz CT molecular complexity index is 1240. The van der Waals surface area contributed by atoms with Crippen LogP contribution < -0.4 is 20.9 Å². The molecule has 0 fully saturated rings. The number of nitrogens with one attached hydrogen (secondary N) is 2. The summed E-state index contributed by atoms with van der Waals surface area (Å²) in [6.07, 6.45) is 1.71. The molecule has 0 saturated carbocycles. The third kappa shape index (κ3) is 4.64. The van der Waals surface area contributed by atoms with E-state index < -0.39 is 0 Å². The van der Waals surface area contributed by atoms with E-state index >= 15 is 0 Å². The van der Waals surface area contributed by atoms with Crippen molar-refractivity contribution >= 4 is 23.1 Å². The number of amides is 2. The fourth-order valence-corrected chi connectivity index (χ4v) is 2.93. The molecular weight excluding hydrogens is 380 g/mol. The minimum atomic E-state index is -0.328. The Morgan fingerprint density at radius 1 is 0.967 bits per heavy atom. The third-order valence-corrected chi connectivity index (χ3v) is 4.41. The van der Waals surface area contributed by atoms with Crippen LogP contribution >= 0.6 is 0 Å². The maximum Gasteiger partial charge on any atom is 0.323 e. The van der Waals surface area contributed by atoms with E-state index in [1.165, 1.54) is 10.5 Å². The summed E-state index contributed by atoms with van der Waals surface area (Å²) in [6.45, 7) is 2.12. The number of benzene rings is 2. The number of hydrogen-bond acceptors (Lipinski definition) is 4. The molecule has 7 nitrogen and oxygen atoms in total. The average Bonchev–Trinajstić information content (AvgIpc) is 2.73. The van der Waals surface area contributed by atoms with Crippen molar-refractivity contribution in [2.45, 2.75) is 13.5 Å². The predicted octanol–water partition coefficient (Wildman–Crippen LogP) is 4.23. The fraction of sp³-hybridized carbons (Fsp3) is 0.0870. The topological polar surface area (TPSA) is 84.7 Å². The molecule has 7 heteroatoms. The number of carbonyl (C=O) groups is 1. The van der Waals surface area contributed by atoms with Crippen LogP contribution in [0.3, 0.4) is 0 Å². The van der Waals surface area contributed by atoms with Gasteiger partial charge in [0.25, 0.3) is 5.56 Å². The van der Waals surface area contributed by atoms with Crippen LogP contribution in [0.4, 0.5) is 16.2 Å². The summed E-state index contributed by atoms with van der Waals surface area (Å²) in [6, 6.07) is 21.0. The second-order valence-electron chi connectivity index (χ2n) is 6.78. The molecule has 150 valence electrons. The van der Waals surface area contributed by atoms with Gasteiger partial charge in [0.1, 0.15) is 18.0 Å². The lowest BCUT2D eigenvalue weighted by Crippen LogP contribution is -2.19. The van der Waals surface area contributed by atoms with Crippen molar-refractivity contribution in [2.24, 2.45) is 0 Å². The van der Waals surface area contributed by atoms with Gasteiger partial charge in [0.15, 0.2) is 0 Å². The molecule has 2 amide bonds. The zero-order valence-corrected chi connectivity index (χ0v) is 16.3. The summed E-state index contributed by atoms with van der Waals surface area (Å²) >= 11 is 0. The minimum absolute atomic E-state index is 0.150. The number of carbonyl (C=O) groups excluding carboxylic acids is 1. The van der Waals surface area contributed by atoms with Gasteiger partial charge in [0.2, 0.25) is 0 Å². The van der Waals surface area contributed by atoms with Crippen LogP contribution in [-0.2, 0) is 6.61 Å². The zero-order valence-electron chi connectivity index (χ0n) is 16.3. The van der Waals surface area contributed by atoms with Crippen LogP contribution in [0.5, 0.6) is 5.75 Å². The first-order chi connectivity index (χ1) is 14.6. The monoisotopic (exact) mass is 400 g/mol. The SMILES string of the molecule is Cc1ccn2c(=O)cc(COc3ccc(NC(=O)Nc4ccccc4)cc3)nc2c1. The Hall–Kier alpha value is -4.13. The molecule has 2 heterocycles. The van der Waals surface area contributed by atoms with Gasteiger partial charge in [0.05, 0.1) is 5.69 Å². The minimum Gasteiger partial charge on any atom is -0.487 e. The van der Waals surface area contributed by atoms with Gasteiger partial charge >= 0.3 is 6.03 Å². The molecule has 0 spiro atoms. The maximum absolute atomic E-state index is 12.2. The quantitative estimate of drug-likeness (QED) is 0.525. The number of ether oxygens (including phenoxy) is 1. The van der Waals surface area contributed by atoms with Crippen molar-refractivity contribution in [1.82, 2.24) is 9.38 Å². The van der Waals surface area contributed by atoms with Crippen molar-refractivity contribution in [3.63, 3.8) is 0 Å². The van der Waals surface area contributed by atoms with E-state index in [0.717, 1.165) is 5.56 Å². The number of pyridine rings is 1. The van der Waals surface area contributed by atoms with Crippen LogP contribution in [-0.4, -0.2) is 15.4 Å². The number of hydrogen-bond donors (Lipinski definition) is 2. The Labute approximate surface area is 173 Å². The van der Waals surface area contributed by atoms with Crippen LogP contribution in [0.1, 0.15) is 11.3 Å². The van der Waals surface area contributed by atoms with Gasteiger partial charge < -0.3 is 15.4 Å². The molecule has 2 N–H and O–H groups in total. The molecule has 4 rings (SSSR count). The second-order valence-corrected chi connectivity index (χ2v) is 6.78. The number of rotatable bonds is 5. The molecular formula is C23H20N4O3. The fourth-order valence-electron chi connectivity index (χ4n) is 2.93. The lowest BCUT2D eigenvalue weighted by molar-refractivity contribution is 0.262. The summed E-state index contributed by atoms with van der Waals surface area (Å²) in [5, 5.41) is 5.52. The smallest absolute Gasteiger partial charge is 0.323 e. The highest BCUT2D eigenvalue weighted by Gasteiger charge is 2.05. The van der Waals surface area contributed by atoms with Crippen LogP contribution in [0.15, 0.2) is 83.8 Å². The second kappa shape index (κ2) is 8.48. The van der Waals surface area contributed by atoms with E-state index in [-0.39, 0.29) is 18.2 Å². The lowest BCUT2D eigenvalue weighted by Gasteiger charge is -2.10. The number of urea groups is 1. The first-order valence-electron chi connectivity index (χ1n) is 9.42. The normalized spacial score (nSPS) is 10.6. The summed E-state index contributed by atoms with van der Waals surface area (Å²) in [4.78, 5) is 28.8. The standard InChI is InChI=1S/C23H20N4O3/c1-16-11-12-27-21(13-16)24-19(14-22(27)28)15-30-20-9-7-18(8-10-20)26-23(29)25-17-5-3-2-4-6-17/h2-14H,15H2,1H3,(H2,25,26,29). The summed E-state index contributed by atoms with van der Waals surface area (Å²) < 4.78 is 7.24. The van der Waals surface area contributed by atoms with E-state index in [1.807, 2.05) is 49.4 Å². The molecule has 0 aliphatic rings. The molecule has 0 radical (unpaired) electrons. The molecule has 0 aliphatic heterocycles. The highest BCUT2D eigenvalue weighted by Crippen LogP contribution is 2.17. The van der Waals surface area contributed by atoms with E-state index in [2.05, 4.69) is 15.6 Å². The van der Waals surface area contributed by atoms with Gasteiger partial charge in [-0.15, -0.1) is 0 Å². The van der Waals surface area contributed by atoms with Crippen LogP contribution in [0.25, 0.3) is 5.65 Å². The maximum atomic E-state index is 12.2. The van der Waals surface area contributed by atoms with Gasteiger partial charge in [-0.05, 0) is 61.0 Å². The van der Waals surface area contributed by atoms with Gasteiger partial charge in [0, 0.05) is 23.6 Å². The molecule has 0 bridgehead atoms. The zero-order chi connectivity index (χ0) is 20.9. The Balaban J connectivity index is 1.37. The number of aromatic nitrogens is 2. The highest BCUT2D eigenvalue weighted by molar-refractivity contribution is 5.99. The first kappa shape index (κ1) is 19.2. The summed E-state index contributed by atoms with van der Waals surface area (Å²) in [7, 11) is 0. The van der Waals surface area contributed by atoms with E-state index in [1.54, 1.807) is 30.5 Å². The van der Waals surface area contributed by atoms with Crippen molar-refractivity contribution in [1.29, 1.82) is 0 Å².